The van der Waals surface area contributed by atoms with E-state index in [1.54, 1.807) is 0 Å². The SMILES string of the molecule is C=CC1CN2CCC1CC2C(=O)OCC. The van der Waals surface area contributed by atoms with Crippen LogP contribution in [0.25, 0.3) is 0 Å². The Morgan fingerprint density at radius 2 is 2.47 bits per heavy atom. The maximum atomic E-state index is 11.7. The van der Waals surface area contributed by atoms with E-state index in [0.717, 1.165) is 19.5 Å². The summed E-state index contributed by atoms with van der Waals surface area (Å²) in [6.07, 6.45) is 4.19. The predicted octanol–water partition coefficient (Wildman–Crippen LogP) is 1.45. The highest BCUT2D eigenvalue weighted by atomic mass is 16.5. The summed E-state index contributed by atoms with van der Waals surface area (Å²) in [4.78, 5) is 13.9. The van der Waals surface area contributed by atoms with Gasteiger partial charge in [0.25, 0.3) is 0 Å². The fraction of sp³-hybridized carbons (Fsp3) is 0.750. The van der Waals surface area contributed by atoms with Gasteiger partial charge in [0.2, 0.25) is 0 Å². The number of carbonyl (C=O) groups is 1. The number of hydrogen-bond acceptors (Lipinski definition) is 3. The Morgan fingerprint density at radius 1 is 1.67 bits per heavy atom. The highest BCUT2D eigenvalue weighted by Gasteiger charge is 2.42. The van der Waals surface area contributed by atoms with E-state index in [0.29, 0.717) is 18.4 Å². The van der Waals surface area contributed by atoms with Crippen molar-refractivity contribution >= 4 is 5.97 Å². The fourth-order valence-electron chi connectivity index (χ4n) is 2.82. The van der Waals surface area contributed by atoms with Gasteiger partial charge in [0.15, 0.2) is 0 Å². The van der Waals surface area contributed by atoms with Gasteiger partial charge in [0.05, 0.1) is 6.61 Å². The van der Waals surface area contributed by atoms with Gasteiger partial charge in [-0.1, -0.05) is 6.08 Å². The summed E-state index contributed by atoms with van der Waals surface area (Å²) in [6, 6.07) is 0.0138. The van der Waals surface area contributed by atoms with Gasteiger partial charge in [-0.3, -0.25) is 9.69 Å². The Bertz CT molecular complexity index is 264. The van der Waals surface area contributed by atoms with Crippen LogP contribution in [0.3, 0.4) is 0 Å². The number of nitrogens with zero attached hydrogens (tertiary/aromatic N) is 1. The lowest BCUT2D eigenvalue weighted by Gasteiger charge is -2.47. The number of fused-ring (bicyclic) bond motifs is 3. The average Bonchev–Trinajstić information content (AvgIpc) is 2.29. The zero-order valence-corrected chi connectivity index (χ0v) is 9.32. The molecule has 3 fully saturated rings. The van der Waals surface area contributed by atoms with Crippen molar-refractivity contribution in [1.29, 1.82) is 0 Å². The molecule has 0 spiro atoms. The van der Waals surface area contributed by atoms with Crippen molar-refractivity contribution in [2.75, 3.05) is 19.7 Å². The number of rotatable bonds is 3. The normalized spacial score (nSPS) is 38.7. The summed E-state index contributed by atoms with van der Waals surface area (Å²) in [6.45, 7) is 8.24. The Labute approximate surface area is 91.1 Å². The molecule has 0 aromatic rings. The van der Waals surface area contributed by atoms with Gasteiger partial charge >= 0.3 is 5.97 Å². The molecule has 0 aromatic carbocycles. The summed E-state index contributed by atoms with van der Waals surface area (Å²) < 4.78 is 5.10. The summed E-state index contributed by atoms with van der Waals surface area (Å²) in [5, 5.41) is 0. The van der Waals surface area contributed by atoms with Gasteiger partial charge in [-0.05, 0) is 38.1 Å². The minimum Gasteiger partial charge on any atom is -0.465 e. The van der Waals surface area contributed by atoms with Crippen LogP contribution in [-0.4, -0.2) is 36.6 Å². The highest BCUT2D eigenvalue weighted by Crippen LogP contribution is 2.36. The molecule has 0 aliphatic carbocycles. The predicted molar refractivity (Wildman–Crippen MR) is 58.4 cm³/mol. The van der Waals surface area contributed by atoms with Gasteiger partial charge in [0.1, 0.15) is 6.04 Å². The van der Waals surface area contributed by atoms with Gasteiger partial charge in [0, 0.05) is 6.54 Å². The lowest BCUT2D eigenvalue weighted by atomic mass is 9.76. The van der Waals surface area contributed by atoms with Crippen LogP contribution in [0.2, 0.25) is 0 Å². The first-order valence-electron chi connectivity index (χ1n) is 5.79. The van der Waals surface area contributed by atoms with Crippen LogP contribution < -0.4 is 0 Å². The zero-order chi connectivity index (χ0) is 10.8. The zero-order valence-electron chi connectivity index (χ0n) is 9.32. The second-order valence-electron chi connectivity index (χ2n) is 4.45. The molecule has 3 aliphatic rings. The molecule has 0 N–H and O–H groups in total. The Kier molecular flexibility index (Phi) is 3.10. The van der Waals surface area contributed by atoms with Crippen molar-refractivity contribution in [1.82, 2.24) is 4.90 Å². The molecule has 0 aromatic heterocycles. The molecular formula is C12H19NO2. The van der Waals surface area contributed by atoms with E-state index in [-0.39, 0.29) is 12.0 Å². The number of carbonyl (C=O) groups excluding carboxylic acids is 1. The molecule has 4 unspecified atom stereocenters. The van der Waals surface area contributed by atoms with Crippen LogP contribution in [0.15, 0.2) is 12.7 Å². The van der Waals surface area contributed by atoms with E-state index in [4.69, 9.17) is 4.74 Å². The van der Waals surface area contributed by atoms with E-state index >= 15 is 0 Å². The largest absolute Gasteiger partial charge is 0.465 e. The topological polar surface area (TPSA) is 29.5 Å². The van der Waals surface area contributed by atoms with Crippen molar-refractivity contribution in [3.8, 4) is 0 Å². The summed E-state index contributed by atoms with van der Waals surface area (Å²) in [5.74, 6) is 1.18. The molecule has 3 saturated heterocycles. The number of hydrogen-bond donors (Lipinski definition) is 0. The third-order valence-corrected chi connectivity index (χ3v) is 3.67. The highest BCUT2D eigenvalue weighted by molar-refractivity contribution is 5.76. The quantitative estimate of drug-likeness (QED) is 0.520. The smallest absolute Gasteiger partial charge is 0.323 e. The molecule has 15 heavy (non-hydrogen) atoms. The van der Waals surface area contributed by atoms with Crippen LogP contribution in [0, 0.1) is 11.8 Å². The Hall–Kier alpha value is -0.830. The summed E-state index contributed by atoms with van der Waals surface area (Å²) >= 11 is 0. The third-order valence-electron chi connectivity index (χ3n) is 3.67. The molecule has 84 valence electrons. The summed E-state index contributed by atoms with van der Waals surface area (Å²) in [5.41, 5.74) is 0. The third kappa shape index (κ3) is 1.93. The number of piperidine rings is 3. The van der Waals surface area contributed by atoms with Crippen molar-refractivity contribution in [2.24, 2.45) is 11.8 Å². The van der Waals surface area contributed by atoms with Crippen molar-refractivity contribution < 1.29 is 9.53 Å². The molecule has 3 heterocycles. The molecule has 3 heteroatoms. The second-order valence-corrected chi connectivity index (χ2v) is 4.45. The molecule has 2 bridgehead atoms. The van der Waals surface area contributed by atoms with E-state index in [9.17, 15) is 4.79 Å². The van der Waals surface area contributed by atoms with Crippen LogP contribution >= 0.6 is 0 Å². The van der Waals surface area contributed by atoms with Crippen molar-refractivity contribution in [3.05, 3.63) is 12.7 Å². The first-order valence-corrected chi connectivity index (χ1v) is 5.79. The van der Waals surface area contributed by atoms with Crippen LogP contribution in [-0.2, 0) is 9.53 Å². The first kappa shape index (κ1) is 10.7. The average molecular weight is 209 g/mol. The number of esters is 1. The van der Waals surface area contributed by atoms with E-state index in [2.05, 4.69) is 11.5 Å². The molecule has 0 amide bonds. The van der Waals surface area contributed by atoms with Gasteiger partial charge in [-0.2, -0.15) is 0 Å². The van der Waals surface area contributed by atoms with E-state index < -0.39 is 0 Å². The summed E-state index contributed by atoms with van der Waals surface area (Å²) in [7, 11) is 0. The lowest BCUT2D eigenvalue weighted by molar-refractivity contribution is -0.155. The second kappa shape index (κ2) is 4.35. The Morgan fingerprint density at radius 3 is 3.00 bits per heavy atom. The molecule has 3 aliphatic heterocycles. The van der Waals surface area contributed by atoms with Crippen LogP contribution in [0.5, 0.6) is 0 Å². The molecule has 3 nitrogen and oxygen atoms in total. The maximum absolute atomic E-state index is 11.7. The van der Waals surface area contributed by atoms with Gasteiger partial charge < -0.3 is 4.74 Å². The van der Waals surface area contributed by atoms with Gasteiger partial charge in [-0.15, -0.1) is 6.58 Å². The minimum atomic E-state index is -0.0373. The molecule has 0 radical (unpaired) electrons. The van der Waals surface area contributed by atoms with Gasteiger partial charge in [-0.25, -0.2) is 0 Å². The van der Waals surface area contributed by atoms with Crippen molar-refractivity contribution in [2.45, 2.75) is 25.8 Å². The van der Waals surface area contributed by atoms with Crippen LogP contribution in [0.1, 0.15) is 19.8 Å². The molecule has 0 saturated carbocycles. The molecule has 4 atom stereocenters. The Balaban J connectivity index is 2.01. The lowest BCUT2D eigenvalue weighted by Crippen LogP contribution is -2.56. The van der Waals surface area contributed by atoms with E-state index in [1.165, 1.54) is 6.42 Å². The maximum Gasteiger partial charge on any atom is 0.323 e. The first-order chi connectivity index (χ1) is 7.26. The monoisotopic (exact) mass is 209 g/mol. The minimum absolute atomic E-state index is 0.0138. The molecular weight excluding hydrogens is 190 g/mol. The van der Waals surface area contributed by atoms with Crippen LogP contribution in [0.4, 0.5) is 0 Å². The number of ether oxygens (including phenoxy) is 1. The van der Waals surface area contributed by atoms with Crippen molar-refractivity contribution in [3.63, 3.8) is 0 Å². The molecule has 3 rings (SSSR count). The fourth-order valence-corrected chi connectivity index (χ4v) is 2.82. The van der Waals surface area contributed by atoms with E-state index in [1.807, 2.05) is 13.0 Å². The standard InChI is InChI=1S/C12H19NO2/c1-3-9-8-13-6-5-10(9)7-11(13)12(14)15-4-2/h3,9-11H,1,4-8H2,2H3.